The van der Waals surface area contributed by atoms with Crippen LogP contribution in [0.2, 0.25) is 0 Å². The Hall–Kier alpha value is -0.784. The molecule has 3 nitrogen and oxygen atoms in total. The maximum absolute atomic E-state index is 12.1. The van der Waals surface area contributed by atoms with Crippen molar-refractivity contribution in [2.75, 3.05) is 0 Å². The van der Waals surface area contributed by atoms with Crippen molar-refractivity contribution >= 4 is 63.1 Å². The monoisotopic (exact) mass is 265 g/mol. The van der Waals surface area contributed by atoms with Gasteiger partial charge in [0.2, 0.25) is 0 Å². The van der Waals surface area contributed by atoms with E-state index in [1.165, 1.54) is 12.1 Å². The van der Waals surface area contributed by atoms with Gasteiger partial charge in [-0.1, -0.05) is 48.5 Å². The molecule has 0 bridgehead atoms. The van der Waals surface area contributed by atoms with Crippen LogP contribution < -0.4 is 0 Å². The van der Waals surface area contributed by atoms with Crippen molar-refractivity contribution in [3.63, 3.8) is 0 Å². The molecule has 1 radical (unpaired) electrons. The van der Waals surface area contributed by atoms with Gasteiger partial charge in [-0.05, 0) is 6.07 Å². The maximum atomic E-state index is 12.1. The van der Waals surface area contributed by atoms with E-state index < -0.39 is 5.97 Å². The largest absolute Gasteiger partial charge is 0.478 e. The molecule has 0 heterocycles. The second-order valence-electron chi connectivity index (χ2n) is 3.55. The molecular formula is C14H10KO3. The van der Waals surface area contributed by atoms with Crippen LogP contribution in [0, 0.1) is 0 Å². The van der Waals surface area contributed by atoms with E-state index in [0.717, 1.165) is 0 Å². The Balaban J connectivity index is 0.00000162. The summed E-state index contributed by atoms with van der Waals surface area (Å²) in [6, 6.07) is 14.8. The van der Waals surface area contributed by atoms with Gasteiger partial charge in [-0.2, -0.15) is 0 Å². The van der Waals surface area contributed by atoms with E-state index in [1.54, 1.807) is 42.5 Å². The van der Waals surface area contributed by atoms with Gasteiger partial charge in [0.05, 0.1) is 5.56 Å². The summed E-state index contributed by atoms with van der Waals surface area (Å²) in [6.45, 7) is 0. The zero-order chi connectivity index (χ0) is 12.3. The molecule has 0 fully saturated rings. The SMILES string of the molecule is O=C(O)c1ccccc1C(=O)c1ccccc1.[K]. The molecule has 0 atom stereocenters. The molecule has 0 aromatic heterocycles. The number of carbonyl (C=O) groups is 2. The molecule has 18 heavy (non-hydrogen) atoms. The number of carbonyl (C=O) groups excluding carboxylic acids is 1. The third-order valence-electron chi connectivity index (χ3n) is 2.44. The third-order valence-corrected chi connectivity index (χ3v) is 2.44. The summed E-state index contributed by atoms with van der Waals surface area (Å²) in [7, 11) is 0. The van der Waals surface area contributed by atoms with Crippen LogP contribution in [-0.2, 0) is 0 Å². The molecule has 85 valence electrons. The van der Waals surface area contributed by atoms with Crippen LogP contribution in [0.15, 0.2) is 54.6 Å². The normalized spacial score (nSPS) is 9.33. The minimum Gasteiger partial charge on any atom is -0.478 e. The molecule has 2 aromatic rings. The first-order valence-corrected chi connectivity index (χ1v) is 5.12. The maximum Gasteiger partial charge on any atom is 0.336 e. The first-order valence-electron chi connectivity index (χ1n) is 5.12. The first-order chi connectivity index (χ1) is 8.20. The molecule has 2 rings (SSSR count). The van der Waals surface area contributed by atoms with E-state index in [0.29, 0.717) is 5.56 Å². The Labute approximate surface area is 147 Å². The molecule has 1 N–H and O–H groups in total. The van der Waals surface area contributed by atoms with Gasteiger partial charge in [0.15, 0.2) is 5.78 Å². The molecular weight excluding hydrogens is 255 g/mol. The molecule has 0 spiro atoms. The molecule has 0 saturated heterocycles. The Morgan fingerprint density at radius 3 is 1.83 bits per heavy atom. The Morgan fingerprint density at radius 1 is 0.778 bits per heavy atom. The van der Waals surface area contributed by atoms with Crippen molar-refractivity contribution in [2.24, 2.45) is 0 Å². The van der Waals surface area contributed by atoms with E-state index in [1.807, 2.05) is 0 Å². The van der Waals surface area contributed by atoms with Crippen LogP contribution in [0.4, 0.5) is 0 Å². The summed E-state index contributed by atoms with van der Waals surface area (Å²) in [5.74, 6) is -1.37. The molecule has 0 aliphatic rings. The zero-order valence-electron chi connectivity index (χ0n) is 9.96. The van der Waals surface area contributed by atoms with Gasteiger partial charge in [0.25, 0.3) is 0 Å². The topological polar surface area (TPSA) is 54.4 Å². The fourth-order valence-electron chi connectivity index (χ4n) is 1.61. The van der Waals surface area contributed by atoms with Crippen LogP contribution in [0.5, 0.6) is 0 Å². The summed E-state index contributed by atoms with van der Waals surface area (Å²) < 4.78 is 0. The first kappa shape index (κ1) is 15.3. The van der Waals surface area contributed by atoms with Crippen molar-refractivity contribution in [3.05, 3.63) is 71.3 Å². The van der Waals surface area contributed by atoms with Crippen molar-refractivity contribution in [3.8, 4) is 0 Å². The van der Waals surface area contributed by atoms with Crippen LogP contribution in [-0.4, -0.2) is 68.2 Å². The molecule has 0 aliphatic heterocycles. The average molecular weight is 265 g/mol. The summed E-state index contributed by atoms with van der Waals surface area (Å²) in [4.78, 5) is 23.1. The van der Waals surface area contributed by atoms with Gasteiger partial charge in [-0.15, -0.1) is 0 Å². The number of carboxylic acid groups (broad SMARTS) is 1. The second kappa shape index (κ2) is 6.97. The van der Waals surface area contributed by atoms with Gasteiger partial charge in [0.1, 0.15) is 0 Å². The smallest absolute Gasteiger partial charge is 0.336 e. The van der Waals surface area contributed by atoms with E-state index in [4.69, 9.17) is 5.11 Å². The number of carboxylic acids is 1. The predicted octanol–water partition coefficient (Wildman–Crippen LogP) is 2.24. The minimum atomic E-state index is -1.09. The number of aromatic carboxylic acids is 1. The third kappa shape index (κ3) is 3.37. The second-order valence-corrected chi connectivity index (χ2v) is 3.55. The van der Waals surface area contributed by atoms with Crippen LogP contribution in [0.1, 0.15) is 26.3 Å². The Bertz CT molecular complexity index is 564. The number of hydrogen-bond acceptors (Lipinski definition) is 2. The summed E-state index contributed by atoms with van der Waals surface area (Å²) >= 11 is 0. The van der Waals surface area contributed by atoms with Crippen LogP contribution >= 0.6 is 0 Å². The molecule has 2 aromatic carbocycles. The predicted molar refractivity (Wildman–Crippen MR) is 69.0 cm³/mol. The van der Waals surface area contributed by atoms with E-state index in [-0.39, 0.29) is 68.3 Å². The van der Waals surface area contributed by atoms with Crippen LogP contribution in [0.3, 0.4) is 0 Å². The van der Waals surface area contributed by atoms with Crippen LogP contribution in [0.25, 0.3) is 0 Å². The van der Waals surface area contributed by atoms with E-state index in [2.05, 4.69) is 0 Å². The average Bonchev–Trinajstić information content (AvgIpc) is 2.39. The number of benzene rings is 2. The minimum absolute atomic E-state index is 0. The number of ketones is 1. The van der Waals surface area contributed by atoms with Crippen molar-refractivity contribution in [2.45, 2.75) is 0 Å². The van der Waals surface area contributed by atoms with Crippen molar-refractivity contribution in [1.29, 1.82) is 0 Å². The van der Waals surface area contributed by atoms with E-state index in [9.17, 15) is 9.59 Å². The summed E-state index contributed by atoms with van der Waals surface area (Å²) in [5.41, 5.74) is 0.730. The Kier molecular flexibility index (Phi) is 5.91. The van der Waals surface area contributed by atoms with Gasteiger partial charge < -0.3 is 5.11 Å². The van der Waals surface area contributed by atoms with Gasteiger partial charge in [-0.25, -0.2) is 4.79 Å². The molecule has 4 heteroatoms. The standard InChI is InChI=1S/C14H10O3.K/c15-13(10-6-2-1-3-7-10)11-8-4-5-9-12(11)14(16)17;/h1-9H,(H,16,17);. The fourth-order valence-corrected chi connectivity index (χ4v) is 1.61. The molecule has 0 saturated carbocycles. The molecule has 0 amide bonds. The molecule has 0 unspecified atom stereocenters. The number of hydrogen-bond donors (Lipinski definition) is 1. The van der Waals surface area contributed by atoms with Crippen molar-refractivity contribution in [1.82, 2.24) is 0 Å². The Morgan fingerprint density at radius 2 is 1.28 bits per heavy atom. The van der Waals surface area contributed by atoms with E-state index >= 15 is 0 Å². The van der Waals surface area contributed by atoms with Gasteiger partial charge >= 0.3 is 5.97 Å². The summed E-state index contributed by atoms with van der Waals surface area (Å²) in [6.07, 6.45) is 0. The summed E-state index contributed by atoms with van der Waals surface area (Å²) in [5, 5.41) is 9.01. The zero-order valence-corrected chi connectivity index (χ0v) is 13.1. The quantitative estimate of drug-likeness (QED) is 0.684. The molecule has 0 aliphatic carbocycles. The van der Waals surface area contributed by atoms with Gasteiger partial charge in [0, 0.05) is 62.5 Å². The van der Waals surface area contributed by atoms with Gasteiger partial charge in [-0.3, -0.25) is 4.79 Å². The van der Waals surface area contributed by atoms with Crippen molar-refractivity contribution < 1.29 is 14.7 Å². The fraction of sp³-hybridized carbons (Fsp3) is 0. The number of rotatable bonds is 3.